The van der Waals surface area contributed by atoms with Crippen molar-refractivity contribution < 1.29 is 4.79 Å². The molecule has 7 heteroatoms. The standard InChI is InChI=1S/C14H19N5O2/c1-5-9-10(6-2)15-16-13(20)12(9)14(21)19(4)11-7-8-18(3)17-11/h7-8H,5-6H2,1-4H3,(H,16,20). The Labute approximate surface area is 122 Å². The molecule has 0 bridgehead atoms. The molecule has 0 fully saturated rings. The van der Waals surface area contributed by atoms with Gasteiger partial charge in [-0.05, 0) is 18.4 Å². The first-order valence-corrected chi connectivity index (χ1v) is 6.87. The van der Waals surface area contributed by atoms with Crippen molar-refractivity contribution in [2.45, 2.75) is 26.7 Å². The van der Waals surface area contributed by atoms with Crippen molar-refractivity contribution in [1.82, 2.24) is 20.0 Å². The summed E-state index contributed by atoms with van der Waals surface area (Å²) in [5, 5.41) is 10.6. The molecule has 0 atom stereocenters. The molecule has 7 nitrogen and oxygen atoms in total. The zero-order chi connectivity index (χ0) is 15.6. The highest BCUT2D eigenvalue weighted by atomic mass is 16.2. The molecular weight excluding hydrogens is 270 g/mol. The van der Waals surface area contributed by atoms with E-state index in [0.717, 1.165) is 5.69 Å². The van der Waals surface area contributed by atoms with E-state index in [9.17, 15) is 9.59 Å². The second-order valence-corrected chi connectivity index (χ2v) is 4.77. The summed E-state index contributed by atoms with van der Waals surface area (Å²) < 4.78 is 1.61. The van der Waals surface area contributed by atoms with E-state index in [1.54, 1.807) is 31.0 Å². The smallest absolute Gasteiger partial charge is 0.277 e. The fourth-order valence-electron chi connectivity index (χ4n) is 2.28. The number of nitrogens with one attached hydrogen (secondary N) is 1. The number of carbonyl (C=O) groups is 1. The largest absolute Gasteiger partial charge is 0.294 e. The molecule has 1 N–H and O–H groups in total. The third kappa shape index (κ3) is 2.72. The fraction of sp³-hybridized carbons (Fsp3) is 0.429. The van der Waals surface area contributed by atoms with E-state index in [1.807, 2.05) is 13.8 Å². The molecule has 2 aromatic rings. The number of aromatic amines is 1. The molecule has 0 aliphatic heterocycles. The quantitative estimate of drug-likeness (QED) is 0.906. The molecule has 0 spiro atoms. The van der Waals surface area contributed by atoms with Gasteiger partial charge in [0.1, 0.15) is 5.56 Å². The van der Waals surface area contributed by atoms with Gasteiger partial charge in [-0.2, -0.15) is 10.2 Å². The number of carbonyl (C=O) groups excluding carboxylic acids is 1. The number of hydrogen-bond acceptors (Lipinski definition) is 4. The lowest BCUT2D eigenvalue weighted by atomic mass is 10.0. The molecule has 0 aliphatic carbocycles. The van der Waals surface area contributed by atoms with Crippen LogP contribution in [-0.2, 0) is 19.9 Å². The summed E-state index contributed by atoms with van der Waals surface area (Å²) in [5.41, 5.74) is 1.14. The summed E-state index contributed by atoms with van der Waals surface area (Å²) in [6.45, 7) is 3.85. The SMILES string of the molecule is CCc1n[nH]c(=O)c(C(=O)N(C)c2ccn(C)n2)c1CC. The molecule has 0 aromatic carbocycles. The van der Waals surface area contributed by atoms with Crippen LogP contribution in [0.2, 0.25) is 0 Å². The van der Waals surface area contributed by atoms with Crippen LogP contribution in [0.5, 0.6) is 0 Å². The number of aryl methyl sites for hydroxylation is 2. The summed E-state index contributed by atoms with van der Waals surface area (Å²) in [6, 6.07) is 1.72. The zero-order valence-electron chi connectivity index (χ0n) is 12.7. The minimum Gasteiger partial charge on any atom is -0.294 e. The van der Waals surface area contributed by atoms with Crippen LogP contribution in [0.25, 0.3) is 0 Å². The van der Waals surface area contributed by atoms with Crippen LogP contribution in [0.15, 0.2) is 17.1 Å². The fourth-order valence-corrected chi connectivity index (χ4v) is 2.28. The van der Waals surface area contributed by atoms with Crippen LogP contribution >= 0.6 is 0 Å². The van der Waals surface area contributed by atoms with Gasteiger partial charge in [0.15, 0.2) is 5.82 Å². The minimum absolute atomic E-state index is 0.150. The highest BCUT2D eigenvalue weighted by Gasteiger charge is 2.23. The monoisotopic (exact) mass is 289 g/mol. The predicted octanol–water partition coefficient (Wildman–Crippen LogP) is 0.905. The highest BCUT2D eigenvalue weighted by molar-refractivity contribution is 6.06. The number of amides is 1. The Morgan fingerprint density at radius 1 is 1.38 bits per heavy atom. The van der Waals surface area contributed by atoms with Crippen LogP contribution < -0.4 is 10.5 Å². The van der Waals surface area contributed by atoms with Gasteiger partial charge in [-0.25, -0.2) is 5.10 Å². The Hall–Kier alpha value is -2.44. The van der Waals surface area contributed by atoms with Gasteiger partial charge >= 0.3 is 0 Å². The summed E-state index contributed by atoms with van der Waals surface area (Å²) in [4.78, 5) is 26.1. The maximum Gasteiger partial charge on any atom is 0.277 e. The molecule has 21 heavy (non-hydrogen) atoms. The first-order valence-electron chi connectivity index (χ1n) is 6.87. The van der Waals surface area contributed by atoms with Gasteiger partial charge in [-0.15, -0.1) is 0 Å². The number of hydrogen-bond donors (Lipinski definition) is 1. The Balaban J connectivity index is 2.50. The maximum atomic E-state index is 12.7. The summed E-state index contributed by atoms with van der Waals surface area (Å²) in [7, 11) is 3.38. The van der Waals surface area contributed by atoms with E-state index in [2.05, 4.69) is 15.3 Å². The van der Waals surface area contributed by atoms with E-state index in [1.165, 1.54) is 4.90 Å². The first-order chi connectivity index (χ1) is 9.99. The summed E-state index contributed by atoms with van der Waals surface area (Å²) in [6.07, 6.45) is 2.98. The minimum atomic E-state index is -0.461. The van der Waals surface area contributed by atoms with Crippen molar-refractivity contribution in [2.24, 2.45) is 7.05 Å². The number of anilines is 1. The van der Waals surface area contributed by atoms with Gasteiger partial charge in [0.05, 0.1) is 5.69 Å². The lowest BCUT2D eigenvalue weighted by molar-refractivity contribution is 0.0989. The van der Waals surface area contributed by atoms with Crippen molar-refractivity contribution in [1.29, 1.82) is 0 Å². The van der Waals surface area contributed by atoms with Gasteiger partial charge in [-0.1, -0.05) is 13.8 Å². The lowest BCUT2D eigenvalue weighted by Crippen LogP contribution is -2.34. The van der Waals surface area contributed by atoms with E-state index in [-0.39, 0.29) is 11.5 Å². The molecule has 0 aliphatic rings. The summed E-state index contributed by atoms with van der Waals surface area (Å²) >= 11 is 0. The van der Waals surface area contributed by atoms with E-state index < -0.39 is 5.56 Å². The second kappa shape index (κ2) is 5.90. The number of H-pyrrole nitrogens is 1. The van der Waals surface area contributed by atoms with Gasteiger partial charge in [0.2, 0.25) is 0 Å². The molecular formula is C14H19N5O2. The van der Waals surface area contributed by atoms with Crippen LogP contribution in [-0.4, -0.2) is 32.9 Å². The zero-order valence-corrected chi connectivity index (χ0v) is 12.7. The highest BCUT2D eigenvalue weighted by Crippen LogP contribution is 2.15. The molecule has 1 amide bonds. The normalized spacial score (nSPS) is 10.7. The van der Waals surface area contributed by atoms with Gasteiger partial charge in [-0.3, -0.25) is 19.2 Å². The Morgan fingerprint density at radius 3 is 2.62 bits per heavy atom. The van der Waals surface area contributed by atoms with Crippen molar-refractivity contribution in [3.63, 3.8) is 0 Å². The number of nitrogens with zero attached hydrogens (tertiary/aromatic N) is 4. The third-order valence-electron chi connectivity index (χ3n) is 3.42. The first kappa shape index (κ1) is 15.0. The Bertz CT molecular complexity index is 716. The van der Waals surface area contributed by atoms with E-state index in [4.69, 9.17) is 0 Å². The molecule has 0 unspecified atom stereocenters. The van der Waals surface area contributed by atoms with Crippen LogP contribution in [0.1, 0.15) is 35.5 Å². The Morgan fingerprint density at radius 2 is 2.10 bits per heavy atom. The van der Waals surface area contributed by atoms with E-state index in [0.29, 0.717) is 24.2 Å². The van der Waals surface area contributed by atoms with Crippen molar-refractivity contribution in [2.75, 3.05) is 11.9 Å². The van der Waals surface area contributed by atoms with Gasteiger partial charge in [0.25, 0.3) is 11.5 Å². The average molecular weight is 289 g/mol. The average Bonchev–Trinajstić information content (AvgIpc) is 2.91. The molecule has 112 valence electrons. The molecule has 2 aromatic heterocycles. The van der Waals surface area contributed by atoms with Crippen molar-refractivity contribution in [3.8, 4) is 0 Å². The van der Waals surface area contributed by atoms with Crippen molar-refractivity contribution in [3.05, 3.63) is 39.4 Å². The topological polar surface area (TPSA) is 83.9 Å². The third-order valence-corrected chi connectivity index (χ3v) is 3.42. The van der Waals surface area contributed by atoms with Crippen LogP contribution in [0, 0.1) is 0 Å². The summed E-state index contributed by atoms with van der Waals surface area (Å²) in [5.74, 6) is 0.128. The molecule has 2 heterocycles. The van der Waals surface area contributed by atoms with Gasteiger partial charge in [0, 0.05) is 26.4 Å². The second-order valence-electron chi connectivity index (χ2n) is 4.77. The Kier molecular flexibility index (Phi) is 4.21. The van der Waals surface area contributed by atoms with Crippen LogP contribution in [0.3, 0.4) is 0 Å². The van der Waals surface area contributed by atoms with E-state index >= 15 is 0 Å². The maximum absolute atomic E-state index is 12.7. The lowest BCUT2D eigenvalue weighted by Gasteiger charge is -2.16. The van der Waals surface area contributed by atoms with Gasteiger partial charge < -0.3 is 0 Å². The molecule has 0 saturated heterocycles. The predicted molar refractivity (Wildman–Crippen MR) is 79.6 cm³/mol. The van der Waals surface area contributed by atoms with Crippen LogP contribution in [0.4, 0.5) is 5.82 Å². The number of aromatic nitrogens is 4. The molecule has 0 saturated carbocycles. The van der Waals surface area contributed by atoms with Crippen molar-refractivity contribution >= 4 is 11.7 Å². The molecule has 2 rings (SSSR count). The molecule has 0 radical (unpaired) electrons. The number of rotatable bonds is 4.